The van der Waals surface area contributed by atoms with Gasteiger partial charge in [0.2, 0.25) is 5.91 Å². The Morgan fingerprint density at radius 2 is 2.32 bits per heavy atom. The highest BCUT2D eigenvalue weighted by molar-refractivity contribution is 8.13. The Labute approximate surface area is 132 Å². The number of carbonyl (C=O) groups excluding carboxylic acids is 2. The summed E-state index contributed by atoms with van der Waals surface area (Å²) in [5.41, 5.74) is 1.84. The third-order valence-corrected chi connectivity index (χ3v) is 4.54. The van der Waals surface area contributed by atoms with Gasteiger partial charge in [0.1, 0.15) is 5.82 Å². The van der Waals surface area contributed by atoms with E-state index < -0.39 is 0 Å². The minimum absolute atomic E-state index is 0.0677. The number of H-pyrrole nitrogens is 1. The average molecular weight is 318 g/mol. The minimum atomic E-state index is -0.191. The fraction of sp³-hybridized carbons (Fsp3) is 0.400. The molecule has 3 rings (SSSR count). The van der Waals surface area contributed by atoms with Crippen LogP contribution in [-0.2, 0) is 4.79 Å². The lowest BCUT2D eigenvalue weighted by atomic mass is 10.3. The fourth-order valence-corrected chi connectivity index (χ4v) is 3.28. The predicted octanol–water partition coefficient (Wildman–Crippen LogP) is 2.30. The lowest BCUT2D eigenvalue weighted by molar-refractivity contribution is -0.121. The second-order valence-corrected chi connectivity index (χ2v) is 6.33. The number of hydrogen-bond donors (Lipinski definition) is 2. The number of rotatable bonds is 5. The molecule has 1 aliphatic heterocycles. The molecule has 2 aromatic rings. The first-order chi connectivity index (χ1) is 10.6. The number of carbonyl (C=O) groups is 2. The predicted molar refractivity (Wildman–Crippen MR) is 86.7 cm³/mol. The zero-order valence-corrected chi connectivity index (χ0v) is 13.2. The largest absolute Gasteiger partial charge is 0.346 e. The summed E-state index contributed by atoms with van der Waals surface area (Å²) in [7, 11) is 0. The fourth-order valence-electron chi connectivity index (χ4n) is 2.42. The van der Waals surface area contributed by atoms with E-state index in [1.54, 1.807) is 4.90 Å². The molecule has 0 radical (unpaired) electrons. The van der Waals surface area contributed by atoms with Gasteiger partial charge in [-0.3, -0.25) is 9.59 Å². The first-order valence-corrected chi connectivity index (χ1v) is 8.28. The molecule has 1 aromatic carbocycles. The molecule has 1 aliphatic rings. The Kier molecular flexibility index (Phi) is 4.33. The number of benzene rings is 1. The number of aromatic nitrogens is 2. The van der Waals surface area contributed by atoms with Crippen molar-refractivity contribution in [2.45, 2.75) is 19.4 Å². The third-order valence-electron chi connectivity index (χ3n) is 3.65. The van der Waals surface area contributed by atoms with Crippen molar-refractivity contribution in [1.82, 2.24) is 20.2 Å². The number of thioether (sulfide) groups is 1. The maximum atomic E-state index is 12.0. The van der Waals surface area contributed by atoms with Gasteiger partial charge in [-0.05, 0) is 19.1 Å². The number of aromatic amines is 1. The van der Waals surface area contributed by atoms with E-state index in [1.165, 1.54) is 11.8 Å². The van der Waals surface area contributed by atoms with E-state index in [0.717, 1.165) is 29.2 Å². The third kappa shape index (κ3) is 3.24. The zero-order chi connectivity index (χ0) is 15.5. The Bertz CT molecular complexity index is 667. The van der Waals surface area contributed by atoms with Crippen molar-refractivity contribution in [3.8, 4) is 0 Å². The number of hydrogen-bond acceptors (Lipinski definition) is 4. The van der Waals surface area contributed by atoms with Crippen molar-refractivity contribution < 1.29 is 9.59 Å². The van der Waals surface area contributed by atoms with Crippen LogP contribution < -0.4 is 5.32 Å². The molecule has 1 saturated heterocycles. The number of amides is 2. The van der Waals surface area contributed by atoms with Crippen molar-refractivity contribution in [3.05, 3.63) is 30.1 Å². The van der Waals surface area contributed by atoms with Crippen LogP contribution in [0.4, 0.5) is 4.79 Å². The number of nitrogens with one attached hydrogen (secondary N) is 2. The van der Waals surface area contributed by atoms with E-state index in [4.69, 9.17) is 0 Å². The van der Waals surface area contributed by atoms with Gasteiger partial charge in [0.15, 0.2) is 0 Å². The highest BCUT2D eigenvalue weighted by atomic mass is 32.2. The lowest BCUT2D eigenvalue weighted by Crippen LogP contribution is -2.32. The van der Waals surface area contributed by atoms with Gasteiger partial charge in [0.25, 0.3) is 5.24 Å². The molecule has 0 spiro atoms. The van der Waals surface area contributed by atoms with Crippen LogP contribution in [-0.4, -0.2) is 44.9 Å². The van der Waals surface area contributed by atoms with Gasteiger partial charge in [-0.1, -0.05) is 23.9 Å². The summed E-state index contributed by atoms with van der Waals surface area (Å²) in [5, 5.41) is 2.99. The highest BCUT2D eigenvalue weighted by Crippen LogP contribution is 2.18. The Morgan fingerprint density at radius 1 is 1.50 bits per heavy atom. The van der Waals surface area contributed by atoms with Gasteiger partial charge in [-0.25, -0.2) is 4.98 Å². The van der Waals surface area contributed by atoms with Crippen molar-refractivity contribution in [1.29, 1.82) is 0 Å². The second-order valence-electron chi connectivity index (χ2n) is 5.28. The molecule has 1 unspecified atom stereocenters. The summed E-state index contributed by atoms with van der Waals surface area (Å²) < 4.78 is 0. The van der Waals surface area contributed by atoms with Crippen LogP contribution in [0.1, 0.15) is 25.2 Å². The maximum Gasteiger partial charge on any atom is 0.281 e. The Balaban J connectivity index is 1.55. The van der Waals surface area contributed by atoms with Crippen LogP contribution in [0.3, 0.4) is 0 Å². The molecule has 2 amide bonds. The van der Waals surface area contributed by atoms with Gasteiger partial charge < -0.3 is 15.2 Å². The topological polar surface area (TPSA) is 78.1 Å². The van der Waals surface area contributed by atoms with E-state index in [1.807, 2.05) is 31.2 Å². The van der Waals surface area contributed by atoms with Crippen molar-refractivity contribution in [2.75, 3.05) is 18.8 Å². The Hall–Kier alpha value is -2.02. The SMILES string of the molecule is CC(NC(=O)CCN1CCSC1=O)c1nc2ccccc2[nH]1. The summed E-state index contributed by atoms with van der Waals surface area (Å²) in [5.74, 6) is 1.48. The van der Waals surface area contributed by atoms with E-state index in [0.29, 0.717) is 13.0 Å². The zero-order valence-electron chi connectivity index (χ0n) is 12.3. The molecule has 1 fully saturated rings. The summed E-state index contributed by atoms with van der Waals surface area (Å²) in [4.78, 5) is 32.9. The van der Waals surface area contributed by atoms with Gasteiger partial charge >= 0.3 is 0 Å². The average Bonchev–Trinajstić information content (AvgIpc) is 3.11. The first-order valence-electron chi connectivity index (χ1n) is 7.29. The molecular weight excluding hydrogens is 300 g/mol. The van der Waals surface area contributed by atoms with E-state index >= 15 is 0 Å². The van der Waals surface area contributed by atoms with Crippen LogP contribution in [0.15, 0.2) is 24.3 Å². The monoisotopic (exact) mass is 318 g/mol. The van der Waals surface area contributed by atoms with Gasteiger partial charge in [-0.15, -0.1) is 0 Å². The van der Waals surface area contributed by atoms with Crippen LogP contribution in [0.25, 0.3) is 11.0 Å². The van der Waals surface area contributed by atoms with Crippen molar-refractivity contribution >= 4 is 33.9 Å². The molecular formula is C15H18N4O2S. The molecule has 0 aliphatic carbocycles. The summed E-state index contributed by atoms with van der Waals surface area (Å²) in [6.45, 7) is 3.10. The summed E-state index contributed by atoms with van der Waals surface area (Å²) in [6, 6.07) is 7.57. The normalized spacial score (nSPS) is 16.2. The van der Waals surface area contributed by atoms with E-state index in [9.17, 15) is 9.59 Å². The molecule has 2 heterocycles. The van der Waals surface area contributed by atoms with Gasteiger partial charge in [0.05, 0.1) is 17.1 Å². The number of para-hydroxylation sites is 2. The van der Waals surface area contributed by atoms with Crippen LogP contribution >= 0.6 is 11.8 Å². The smallest absolute Gasteiger partial charge is 0.281 e. The van der Waals surface area contributed by atoms with Crippen LogP contribution in [0.5, 0.6) is 0 Å². The Morgan fingerprint density at radius 3 is 3.05 bits per heavy atom. The van der Waals surface area contributed by atoms with Gasteiger partial charge in [-0.2, -0.15) is 0 Å². The van der Waals surface area contributed by atoms with Crippen LogP contribution in [0, 0.1) is 0 Å². The number of nitrogens with zero attached hydrogens (tertiary/aromatic N) is 2. The summed E-state index contributed by atoms with van der Waals surface area (Å²) >= 11 is 1.31. The van der Waals surface area contributed by atoms with E-state index in [2.05, 4.69) is 15.3 Å². The molecule has 0 saturated carbocycles. The quantitative estimate of drug-likeness (QED) is 0.886. The standard InChI is InChI=1S/C15H18N4O2S/c1-10(14-17-11-4-2-3-5-12(11)18-14)16-13(20)6-7-19-8-9-22-15(19)21/h2-5,10H,6-9H2,1H3,(H,16,20)(H,17,18). The highest BCUT2D eigenvalue weighted by Gasteiger charge is 2.22. The molecule has 22 heavy (non-hydrogen) atoms. The maximum absolute atomic E-state index is 12.0. The molecule has 116 valence electrons. The molecule has 7 heteroatoms. The second kappa shape index (κ2) is 6.39. The lowest BCUT2D eigenvalue weighted by Gasteiger charge is -2.15. The van der Waals surface area contributed by atoms with Gasteiger partial charge in [0, 0.05) is 25.3 Å². The molecule has 1 atom stereocenters. The molecule has 2 N–H and O–H groups in total. The van der Waals surface area contributed by atoms with E-state index in [-0.39, 0.29) is 17.2 Å². The van der Waals surface area contributed by atoms with Crippen molar-refractivity contribution in [3.63, 3.8) is 0 Å². The summed E-state index contributed by atoms with van der Waals surface area (Å²) in [6.07, 6.45) is 0.316. The van der Waals surface area contributed by atoms with Crippen molar-refractivity contribution in [2.24, 2.45) is 0 Å². The number of imidazole rings is 1. The van der Waals surface area contributed by atoms with Crippen LogP contribution in [0.2, 0.25) is 0 Å². The molecule has 6 nitrogen and oxygen atoms in total. The molecule has 0 bridgehead atoms. The minimum Gasteiger partial charge on any atom is -0.346 e. The first kappa shape index (κ1) is 14.9. The number of fused-ring (bicyclic) bond motifs is 1. The molecule has 1 aromatic heterocycles.